The highest BCUT2D eigenvalue weighted by molar-refractivity contribution is 5.81. The van der Waals surface area contributed by atoms with Crippen molar-refractivity contribution in [2.75, 3.05) is 0 Å². The number of carbonyl (C=O) groups excluding carboxylic acids is 1. The van der Waals surface area contributed by atoms with E-state index in [-0.39, 0.29) is 0 Å². The number of hydrogen-bond donors (Lipinski definition) is 2. The molecule has 0 radical (unpaired) electrons. The van der Waals surface area contributed by atoms with Crippen molar-refractivity contribution in [3.63, 3.8) is 0 Å². The Labute approximate surface area is 114 Å². The second kappa shape index (κ2) is 6.78. The Morgan fingerprint density at radius 2 is 1.84 bits per heavy atom. The van der Waals surface area contributed by atoms with Gasteiger partial charge in [-0.3, -0.25) is 0 Å². The van der Waals surface area contributed by atoms with Crippen molar-refractivity contribution in [1.82, 2.24) is 5.32 Å². The van der Waals surface area contributed by atoms with E-state index in [1.165, 1.54) is 19.3 Å². The molecular formula is C14H25NO4. The number of carboxylic acid groups (broad SMARTS) is 1. The molecule has 1 aliphatic rings. The van der Waals surface area contributed by atoms with E-state index >= 15 is 0 Å². The highest BCUT2D eigenvalue weighted by Crippen LogP contribution is 2.28. The molecule has 0 aromatic heterocycles. The van der Waals surface area contributed by atoms with Gasteiger partial charge < -0.3 is 15.2 Å². The van der Waals surface area contributed by atoms with Gasteiger partial charge in [0, 0.05) is 0 Å². The van der Waals surface area contributed by atoms with E-state index in [2.05, 4.69) is 5.32 Å². The third kappa shape index (κ3) is 6.45. The third-order valence-corrected chi connectivity index (χ3v) is 3.28. The fourth-order valence-corrected chi connectivity index (χ4v) is 2.49. The molecule has 5 nitrogen and oxygen atoms in total. The summed E-state index contributed by atoms with van der Waals surface area (Å²) in [6.45, 7) is 5.34. The van der Waals surface area contributed by atoms with Crippen LogP contribution in [0.25, 0.3) is 0 Å². The zero-order valence-electron chi connectivity index (χ0n) is 12.1. The summed E-state index contributed by atoms with van der Waals surface area (Å²) in [5.74, 6) is -0.0569. The summed E-state index contributed by atoms with van der Waals surface area (Å²) in [5, 5.41) is 11.1. The molecule has 0 unspecified atom stereocenters. The summed E-state index contributed by atoms with van der Waals surface area (Å²) in [7, 11) is 0. The average molecular weight is 271 g/mol. The number of carbonyl (C=O) groups is 2. The van der Waals surface area contributed by atoms with Crippen molar-refractivity contribution < 1.29 is 19.4 Å². The summed E-state index contributed by atoms with van der Waals surface area (Å²) in [6, 6.07) is -0.750. The first-order chi connectivity index (χ1) is 8.78. The van der Waals surface area contributed by atoms with Crippen molar-refractivity contribution in [2.45, 2.75) is 70.9 Å². The maximum absolute atomic E-state index is 12.0. The Morgan fingerprint density at radius 3 is 2.32 bits per heavy atom. The third-order valence-electron chi connectivity index (χ3n) is 3.28. The standard InChI is InChI=1S/C14H25NO4/c1-14(2,3)19-12(16)11(15-13(17)18)9-10-7-5-4-6-8-10/h10-11,15H,4-9H2,1-3H3,(H,17,18)/t11-/m1/s1. The van der Waals surface area contributed by atoms with Crippen LogP contribution in [0.2, 0.25) is 0 Å². The Morgan fingerprint density at radius 1 is 1.26 bits per heavy atom. The van der Waals surface area contributed by atoms with Crippen LogP contribution in [0.4, 0.5) is 4.79 Å². The number of nitrogens with one attached hydrogen (secondary N) is 1. The molecule has 19 heavy (non-hydrogen) atoms. The van der Waals surface area contributed by atoms with Crippen LogP contribution < -0.4 is 5.32 Å². The van der Waals surface area contributed by atoms with Crippen molar-refractivity contribution >= 4 is 12.1 Å². The molecule has 0 saturated heterocycles. The molecule has 1 amide bonds. The van der Waals surface area contributed by atoms with E-state index in [9.17, 15) is 9.59 Å². The highest BCUT2D eigenvalue weighted by Gasteiger charge is 2.29. The van der Waals surface area contributed by atoms with Gasteiger partial charge in [-0.15, -0.1) is 0 Å². The van der Waals surface area contributed by atoms with Crippen LogP contribution in [-0.2, 0) is 9.53 Å². The predicted molar refractivity (Wildman–Crippen MR) is 72.0 cm³/mol. The SMILES string of the molecule is CC(C)(C)OC(=O)[C@@H](CC1CCCCC1)NC(=O)O. The largest absolute Gasteiger partial charge is 0.465 e. The van der Waals surface area contributed by atoms with E-state index in [1.807, 2.05) is 0 Å². The fraction of sp³-hybridized carbons (Fsp3) is 0.857. The van der Waals surface area contributed by atoms with Crippen LogP contribution in [0.3, 0.4) is 0 Å². The smallest absolute Gasteiger partial charge is 0.405 e. The molecule has 2 N–H and O–H groups in total. The van der Waals surface area contributed by atoms with Gasteiger partial charge in [0.15, 0.2) is 0 Å². The predicted octanol–water partition coefficient (Wildman–Crippen LogP) is 2.93. The number of hydrogen-bond acceptors (Lipinski definition) is 3. The first kappa shape index (κ1) is 15.8. The van der Waals surface area contributed by atoms with Gasteiger partial charge in [0.1, 0.15) is 11.6 Å². The fourth-order valence-electron chi connectivity index (χ4n) is 2.49. The first-order valence-electron chi connectivity index (χ1n) is 7.00. The van der Waals surface area contributed by atoms with Gasteiger partial charge in [0.05, 0.1) is 0 Å². The zero-order chi connectivity index (χ0) is 14.5. The Bertz CT molecular complexity index is 316. The molecule has 1 fully saturated rings. The Kier molecular flexibility index (Phi) is 5.63. The molecule has 110 valence electrons. The Hall–Kier alpha value is -1.26. The number of ether oxygens (including phenoxy) is 1. The molecule has 0 heterocycles. The summed E-state index contributed by atoms with van der Waals surface area (Å²) >= 11 is 0. The van der Waals surface area contributed by atoms with Crippen LogP contribution >= 0.6 is 0 Å². The van der Waals surface area contributed by atoms with Crippen molar-refractivity contribution in [2.24, 2.45) is 5.92 Å². The van der Waals surface area contributed by atoms with Crippen LogP contribution in [0.5, 0.6) is 0 Å². The van der Waals surface area contributed by atoms with E-state index in [0.717, 1.165) is 12.8 Å². The Balaban J connectivity index is 2.59. The lowest BCUT2D eigenvalue weighted by Crippen LogP contribution is -2.44. The van der Waals surface area contributed by atoms with Crippen molar-refractivity contribution in [3.8, 4) is 0 Å². The van der Waals surface area contributed by atoms with Crippen LogP contribution in [0.1, 0.15) is 59.3 Å². The topological polar surface area (TPSA) is 75.6 Å². The quantitative estimate of drug-likeness (QED) is 0.771. The molecule has 0 aromatic rings. The summed E-state index contributed by atoms with van der Waals surface area (Å²) < 4.78 is 5.28. The second-order valence-corrected chi connectivity index (χ2v) is 6.28. The normalized spacial score (nSPS) is 18.7. The van der Waals surface area contributed by atoms with Crippen molar-refractivity contribution in [1.29, 1.82) is 0 Å². The minimum atomic E-state index is -1.17. The van der Waals surface area contributed by atoms with Gasteiger partial charge in [-0.2, -0.15) is 0 Å². The monoisotopic (exact) mass is 271 g/mol. The second-order valence-electron chi connectivity index (χ2n) is 6.28. The zero-order valence-corrected chi connectivity index (χ0v) is 12.1. The minimum absolute atomic E-state index is 0.415. The van der Waals surface area contributed by atoms with Crippen LogP contribution in [-0.4, -0.2) is 28.8 Å². The number of amides is 1. The van der Waals surface area contributed by atoms with Gasteiger partial charge >= 0.3 is 12.1 Å². The van der Waals surface area contributed by atoms with Gasteiger partial charge in [0.25, 0.3) is 0 Å². The lowest BCUT2D eigenvalue weighted by atomic mass is 9.85. The molecule has 1 atom stereocenters. The van der Waals surface area contributed by atoms with Gasteiger partial charge in [0.2, 0.25) is 0 Å². The molecule has 0 spiro atoms. The minimum Gasteiger partial charge on any atom is -0.465 e. The lowest BCUT2D eigenvalue weighted by Gasteiger charge is -2.28. The molecule has 1 saturated carbocycles. The summed E-state index contributed by atoms with van der Waals surface area (Å²) in [4.78, 5) is 22.8. The van der Waals surface area contributed by atoms with Crippen LogP contribution in [0, 0.1) is 5.92 Å². The highest BCUT2D eigenvalue weighted by atomic mass is 16.6. The maximum Gasteiger partial charge on any atom is 0.405 e. The van der Waals surface area contributed by atoms with Gasteiger partial charge in [-0.1, -0.05) is 32.1 Å². The van der Waals surface area contributed by atoms with E-state index in [1.54, 1.807) is 20.8 Å². The molecule has 0 aliphatic heterocycles. The van der Waals surface area contributed by atoms with E-state index in [4.69, 9.17) is 9.84 Å². The number of esters is 1. The van der Waals surface area contributed by atoms with Gasteiger partial charge in [-0.05, 0) is 33.1 Å². The van der Waals surface area contributed by atoms with Crippen molar-refractivity contribution in [3.05, 3.63) is 0 Å². The van der Waals surface area contributed by atoms with E-state index < -0.39 is 23.7 Å². The molecule has 1 rings (SSSR count). The number of rotatable bonds is 4. The maximum atomic E-state index is 12.0. The van der Waals surface area contributed by atoms with E-state index in [0.29, 0.717) is 12.3 Å². The first-order valence-corrected chi connectivity index (χ1v) is 7.00. The molecule has 1 aliphatic carbocycles. The molecule has 0 bridgehead atoms. The lowest BCUT2D eigenvalue weighted by molar-refractivity contribution is -0.157. The molecule has 5 heteroatoms. The summed E-state index contributed by atoms with van der Waals surface area (Å²) in [6.07, 6.45) is 5.08. The molecular weight excluding hydrogens is 246 g/mol. The van der Waals surface area contributed by atoms with Crippen LogP contribution in [0.15, 0.2) is 0 Å². The summed E-state index contributed by atoms with van der Waals surface area (Å²) in [5.41, 5.74) is -0.595. The van der Waals surface area contributed by atoms with Gasteiger partial charge in [-0.25, -0.2) is 9.59 Å². The molecule has 0 aromatic carbocycles. The average Bonchev–Trinajstić information content (AvgIpc) is 2.26.